The monoisotopic (exact) mass is 306 g/mol. The summed E-state index contributed by atoms with van der Waals surface area (Å²) in [7, 11) is 0. The number of aryl methyl sites for hydroxylation is 1. The summed E-state index contributed by atoms with van der Waals surface area (Å²) < 4.78 is 0. The molecular weight excluding hydrogens is 276 g/mol. The lowest BCUT2D eigenvalue weighted by molar-refractivity contribution is 0.179. The van der Waals surface area contributed by atoms with Crippen LogP contribution in [-0.4, -0.2) is 0 Å². The molecule has 0 saturated heterocycles. The molecule has 1 aromatic rings. The van der Waals surface area contributed by atoms with Gasteiger partial charge in [0.1, 0.15) is 0 Å². The topological polar surface area (TPSA) is 0 Å². The van der Waals surface area contributed by atoms with Crippen molar-refractivity contribution in [1.82, 2.24) is 0 Å². The van der Waals surface area contributed by atoms with E-state index in [-0.39, 0.29) is 0 Å². The summed E-state index contributed by atoms with van der Waals surface area (Å²) in [6, 6.07) is 9.43. The van der Waals surface area contributed by atoms with E-state index in [0.29, 0.717) is 0 Å². The second-order valence-corrected chi connectivity index (χ2v) is 8.46. The number of allylic oxidation sites excluding steroid dienone is 3. The van der Waals surface area contributed by atoms with Crippen LogP contribution >= 0.6 is 0 Å². The van der Waals surface area contributed by atoms with Crippen molar-refractivity contribution in [3.63, 3.8) is 0 Å². The van der Waals surface area contributed by atoms with Gasteiger partial charge in [0.2, 0.25) is 0 Å². The molecule has 0 radical (unpaired) electrons. The first-order valence-corrected chi connectivity index (χ1v) is 9.56. The minimum Gasteiger partial charge on any atom is -0.0958 e. The maximum atomic E-state index is 4.17. The highest BCUT2D eigenvalue weighted by molar-refractivity contribution is 5.32. The van der Waals surface area contributed by atoms with Crippen LogP contribution in [-0.2, 0) is 0 Å². The van der Waals surface area contributed by atoms with E-state index in [0.717, 1.165) is 29.6 Å². The molecule has 2 fully saturated rings. The second-order valence-electron chi connectivity index (χ2n) is 8.46. The summed E-state index contributed by atoms with van der Waals surface area (Å²) in [6.07, 6.45) is 10.7. The van der Waals surface area contributed by atoms with Gasteiger partial charge in [-0.2, -0.15) is 0 Å². The Morgan fingerprint density at radius 2 is 1.78 bits per heavy atom. The Hall–Kier alpha value is -1.30. The Bertz CT molecular complexity index is 618. The fraction of sp³-hybridized carbons (Fsp3) is 0.565. The third-order valence-corrected chi connectivity index (χ3v) is 6.93. The molecule has 5 unspecified atom stereocenters. The average molecular weight is 306 g/mol. The molecule has 0 nitrogen and oxygen atoms in total. The Kier molecular flexibility index (Phi) is 3.95. The van der Waals surface area contributed by atoms with E-state index in [2.05, 4.69) is 50.8 Å². The summed E-state index contributed by atoms with van der Waals surface area (Å²) in [6.45, 7) is 8.86. The summed E-state index contributed by atoms with van der Waals surface area (Å²) in [5.41, 5.74) is 6.06. The van der Waals surface area contributed by atoms with E-state index < -0.39 is 0 Å². The lowest BCUT2D eigenvalue weighted by Gasteiger charge is -2.39. The second kappa shape index (κ2) is 5.96. The Morgan fingerprint density at radius 3 is 2.48 bits per heavy atom. The Balaban J connectivity index is 1.59. The van der Waals surface area contributed by atoms with Crippen LogP contribution in [0.5, 0.6) is 0 Å². The summed E-state index contributed by atoms with van der Waals surface area (Å²) in [4.78, 5) is 0. The number of benzene rings is 1. The summed E-state index contributed by atoms with van der Waals surface area (Å²) in [5, 5.41) is 0. The van der Waals surface area contributed by atoms with E-state index >= 15 is 0 Å². The number of hydrogen-bond donors (Lipinski definition) is 0. The van der Waals surface area contributed by atoms with Crippen molar-refractivity contribution in [3.05, 3.63) is 59.2 Å². The van der Waals surface area contributed by atoms with Crippen LogP contribution in [0.3, 0.4) is 0 Å². The van der Waals surface area contributed by atoms with Gasteiger partial charge in [-0.15, -0.1) is 0 Å². The number of rotatable bonds is 2. The molecule has 0 heteroatoms. The van der Waals surface area contributed by atoms with Crippen molar-refractivity contribution in [2.45, 2.75) is 58.3 Å². The molecule has 0 bridgehead atoms. The molecule has 0 spiro atoms. The van der Waals surface area contributed by atoms with E-state index in [4.69, 9.17) is 0 Å². The van der Waals surface area contributed by atoms with Crippen molar-refractivity contribution >= 4 is 0 Å². The van der Waals surface area contributed by atoms with Gasteiger partial charge in [-0.3, -0.25) is 0 Å². The van der Waals surface area contributed by atoms with Gasteiger partial charge in [-0.1, -0.05) is 60.6 Å². The van der Waals surface area contributed by atoms with Gasteiger partial charge < -0.3 is 0 Å². The molecule has 0 amide bonds. The highest BCUT2D eigenvalue weighted by Gasteiger charge is 2.45. The molecule has 2 saturated carbocycles. The molecule has 0 heterocycles. The fourth-order valence-corrected chi connectivity index (χ4v) is 5.71. The SMILES string of the molecule is C=C1C=C(C2CC3CCC(C)C(c4ccc(C)cc4)C3C2)CC1. The highest BCUT2D eigenvalue weighted by Crippen LogP contribution is 2.56. The van der Waals surface area contributed by atoms with Gasteiger partial charge in [0.15, 0.2) is 0 Å². The van der Waals surface area contributed by atoms with Crippen molar-refractivity contribution in [1.29, 1.82) is 0 Å². The minimum atomic E-state index is 0.782. The molecular formula is C23H30. The Labute approximate surface area is 141 Å². The zero-order valence-corrected chi connectivity index (χ0v) is 14.7. The predicted octanol–water partition coefficient (Wildman–Crippen LogP) is 6.43. The zero-order chi connectivity index (χ0) is 16.0. The minimum absolute atomic E-state index is 0.782. The van der Waals surface area contributed by atoms with Crippen LogP contribution in [0, 0.1) is 30.6 Å². The van der Waals surface area contributed by atoms with Gasteiger partial charge in [0.05, 0.1) is 0 Å². The van der Waals surface area contributed by atoms with Crippen molar-refractivity contribution in [2.24, 2.45) is 23.7 Å². The maximum absolute atomic E-state index is 4.17. The Morgan fingerprint density at radius 1 is 1.00 bits per heavy atom. The molecule has 0 aromatic heterocycles. The fourth-order valence-electron chi connectivity index (χ4n) is 5.71. The maximum Gasteiger partial charge on any atom is -0.0105 e. The van der Waals surface area contributed by atoms with E-state index in [1.165, 1.54) is 49.7 Å². The smallest absolute Gasteiger partial charge is 0.0105 e. The molecule has 3 aliphatic rings. The van der Waals surface area contributed by atoms with Gasteiger partial charge in [0.25, 0.3) is 0 Å². The highest BCUT2D eigenvalue weighted by atomic mass is 14.5. The van der Waals surface area contributed by atoms with Crippen molar-refractivity contribution in [3.8, 4) is 0 Å². The molecule has 1 aromatic carbocycles. The summed E-state index contributed by atoms with van der Waals surface area (Å²) >= 11 is 0. The first-order valence-electron chi connectivity index (χ1n) is 9.56. The molecule has 3 aliphatic carbocycles. The van der Waals surface area contributed by atoms with Crippen LogP contribution in [0.4, 0.5) is 0 Å². The van der Waals surface area contributed by atoms with Crippen LogP contribution in [0.2, 0.25) is 0 Å². The summed E-state index contributed by atoms with van der Waals surface area (Å²) in [5.74, 6) is 4.33. The van der Waals surface area contributed by atoms with Crippen LogP contribution < -0.4 is 0 Å². The van der Waals surface area contributed by atoms with E-state index in [9.17, 15) is 0 Å². The largest absolute Gasteiger partial charge is 0.0958 e. The first kappa shape index (κ1) is 15.2. The molecule has 4 rings (SSSR count). The third kappa shape index (κ3) is 2.82. The normalized spacial score (nSPS) is 36.9. The molecule has 0 N–H and O–H groups in total. The van der Waals surface area contributed by atoms with Gasteiger partial charge in [-0.25, -0.2) is 0 Å². The lowest BCUT2D eigenvalue weighted by atomic mass is 9.66. The zero-order valence-electron chi connectivity index (χ0n) is 14.7. The first-order chi connectivity index (χ1) is 11.1. The quantitative estimate of drug-likeness (QED) is 0.591. The van der Waals surface area contributed by atoms with Crippen LogP contribution in [0.15, 0.2) is 48.1 Å². The van der Waals surface area contributed by atoms with Gasteiger partial charge in [-0.05, 0) is 80.6 Å². The van der Waals surface area contributed by atoms with E-state index in [1.807, 2.05) is 0 Å². The lowest BCUT2D eigenvalue weighted by Crippen LogP contribution is -2.28. The van der Waals surface area contributed by atoms with Crippen LogP contribution in [0.1, 0.15) is 62.5 Å². The predicted molar refractivity (Wildman–Crippen MR) is 98.5 cm³/mol. The van der Waals surface area contributed by atoms with Crippen LogP contribution in [0.25, 0.3) is 0 Å². The average Bonchev–Trinajstić information content (AvgIpc) is 3.14. The molecule has 5 atom stereocenters. The van der Waals surface area contributed by atoms with Crippen molar-refractivity contribution in [2.75, 3.05) is 0 Å². The number of hydrogen-bond acceptors (Lipinski definition) is 0. The standard InChI is InChI=1S/C23H30/c1-15-4-8-18(9-5-15)23-17(3)7-11-20-13-21(14-22(20)23)19-10-6-16(2)12-19/h4-5,8-9,12,17,20-23H,2,6-7,10-11,13-14H2,1,3H3. The van der Waals surface area contributed by atoms with E-state index in [1.54, 1.807) is 11.1 Å². The molecule has 122 valence electrons. The van der Waals surface area contributed by atoms with Gasteiger partial charge in [0, 0.05) is 0 Å². The van der Waals surface area contributed by atoms with Gasteiger partial charge >= 0.3 is 0 Å². The molecule has 23 heavy (non-hydrogen) atoms. The third-order valence-electron chi connectivity index (χ3n) is 6.93. The number of fused-ring (bicyclic) bond motifs is 1. The molecule has 0 aliphatic heterocycles. The van der Waals surface area contributed by atoms with Crippen molar-refractivity contribution < 1.29 is 0 Å².